The number of ether oxygens (including phenoxy) is 1. The first-order valence-corrected chi connectivity index (χ1v) is 9.49. The molecule has 1 unspecified atom stereocenters. The molecular weight excluding hydrogens is 320 g/mol. The summed E-state index contributed by atoms with van der Waals surface area (Å²) in [6.07, 6.45) is 1.99. The van der Waals surface area contributed by atoms with Crippen molar-refractivity contribution < 1.29 is 4.74 Å². The van der Waals surface area contributed by atoms with E-state index in [9.17, 15) is 0 Å². The Labute approximate surface area is 148 Å². The van der Waals surface area contributed by atoms with Gasteiger partial charge in [-0.1, -0.05) is 0 Å². The van der Waals surface area contributed by atoms with Crippen LogP contribution in [0, 0.1) is 6.92 Å². The van der Waals surface area contributed by atoms with Gasteiger partial charge in [0.05, 0.1) is 5.69 Å². The van der Waals surface area contributed by atoms with E-state index in [0.29, 0.717) is 0 Å². The van der Waals surface area contributed by atoms with E-state index in [1.165, 1.54) is 5.69 Å². The predicted octanol–water partition coefficient (Wildman–Crippen LogP) is 3.27. The Morgan fingerprint density at radius 2 is 2.08 bits per heavy atom. The molecule has 2 aromatic rings. The second-order valence-corrected chi connectivity index (χ2v) is 7.08. The number of piperazine rings is 1. The number of nitrogens with zero attached hydrogens (tertiary/aromatic N) is 4. The van der Waals surface area contributed by atoms with Gasteiger partial charge in [-0.05, 0) is 32.9 Å². The minimum absolute atomic E-state index is 0.0977. The molecular formula is C18H26N4OS. The highest BCUT2D eigenvalue weighted by molar-refractivity contribution is 7.09. The van der Waals surface area contributed by atoms with Crippen molar-refractivity contribution in [1.82, 2.24) is 14.9 Å². The Morgan fingerprint density at radius 1 is 1.29 bits per heavy atom. The van der Waals surface area contributed by atoms with Crippen LogP contribution in [0.15, 0.2) is 23.7 Å². The van der Waals surface area contributed by atoms with Crippen molar-refractivity contribution in [2.75, 3.05) is 37.7 Å². The van der Waals surface area contributed by atoms with Crippen molar-refractivity contribution in [3.63, 3.8) is 0 Å². The molecule has 2 aromatic heterocycles. The number of hydrogen-bond donors (Lipinski definition) is 0. The maximum atomic E-state index is 5.63. The molecule has 3 heterocycles. The Morgan fingerprint density at radius 3 is 2.79 bits per heavy atom. The summed E-state index contributed by atoms with van der Waals surface area (Å²) in [4.78, 5) is 13.9. The minimum atomic E-state index is 0.0977. The number of aryl methyl sites for hydroxylation is 1. The van der Waals surface area contributed by atoms with Crippen LogP contribution in [0.5, 0.6) is 0 Å². The second kappa shape index (κ2) is 8.05. The monoisotopic (exact) mass is 346 g/mol. The van der Waals surface area contributed by atoms with Gasteiger partial charge in [-0.2, -0.15) is 0 Å². The summed E-state index contributed by atoms with van der Waals surface area (Å²) in [5.74, 6) is 0. The first kappa shape index (κ1) is 17.3. The summed E-state index contributed by atoms with van der Waals surface area (Å²) >= 11 is 1.71. The topological polar surface area (TPSA) is 41.5 Å². The van der Waals surface area contributed by atoms with Gasteiger partial charge in [-0.3, -0.25) is 9.88 Å². The average molecular weight is 347 g/mol. The maximum Gasteiger partial charge on any atom is 0.122 e. The van der Waals surface area contributed by atoms with E-state index < -0.39 is 0 Å². The van der Waals surface area contributed by atoms with Crippen LogP contribution >= 0.6 is 11.3 Å². The van der Waals surface area contributed by atoms with Crippen LogP contribution in [0.1, 0.15) is 36.3 Å². The van der Waals surface area contributed by atoms with Crippen LogP contribution in [0.2, 0.25) is 0 Å². The molecule has 1 aliphatic rings. The van der Waals surface area contributed by atoms with Crippen molar-refractivity contribution in [3.05, 3.63) is 40.1 Å². The lowest BCUT2D eigenvalue weighted by molar-refractivity contribution is 0.0760. The van der Waals surface area contributed by atoms with E-state index in [-0.39, 0.29) is 6.10 Å². The van der Waals surface area contributed by atoms with Gasteiger partial charge < -0.3 is 9.64 Å². The van der Waals surface area contributed by atoms with Gasteiger partial charge in [-0.15, -0.1) is 11.3 Å². The van der Waals surface area contributed by atoms with Gasteiger partial charge in [0.2, 0.25) is 0 Å². The van der Waals surface area contributed by atoms with E-state index in [2.05, 4.69) is 39.2 Å². The zero-order valence-electron chi connectivity index (χ0n) is 14.7. The smallest absolute Gasteiger partial charge is 0.122 e. The van der Waals surface area contributed by atoms with Crippen molar-refractivity contribution >= 4 is 17.0 Å². The third-order valence-corrected chi connectivity index (χ3v) is 5.39. The van der Waals surface area contributed by atoms with Crippen molar-refractivity contribution in [2.24, 2.45) is 0 Å². The normalized spacial score (nSPS) is 17.2. The molecule has 5 nitrogen and oxygen atoms in total. The van der Waals surface area contributed by atoms with Crippen molar-refractivity contribution in [3.8, 4) is 0 Å². The fourth-order valence-corrected chi connectivity index (χ4v) is 3.84. The second-order valence-electron chi connectivity index (χ2n) is 6.19. The summed E-state index contributed by atoms with van der Waals surface area (Å²) in [6, 6.07) is 4.27. The van der Waals surface area contributed by atoms with E-state index >= 15 is 0 Å². The van der Waals surface area contributed by atoms with Crippen LogP contribution in [0.25, 0.3) is 0 Å². The SMILES string of the molecule is CCOC(C)c1nc(CN2CCN(c3ccnc(C)c3)CC2)cs1. The lowest BCUT2D eigenvalue weighted by Gasteiger charge is -2.35. The Balaban J connectivity index is 1.52. The van der Waals surface area contributed by atoms with Gasteiger partial charge in [-0.25, -0.2) is 4.98 Å². The van der Waals surface area contributed by atoms with Gasteiger partial charge >= 0.3 is 0 Å². The van der Waals surface area contributed by atoms with Gasteiger partial charge in [0.25, 0.3) is 0 Å². The van der Waals surface area contributed by atoms with E-state index in [1.54, 1.807) is 11.3 Å². The minimum Gasteiger partial charge on any atom is -0.372 e. The standard InChI is InChI=1S/C18H26N4OS/c1-4-23-15(3)18-20-16(13-24-18)12-21-7-9-22(10-8-21)17-5-6-19-14(2)11-17/h5-6,11,13,15H,4,7-10,12H2,1-3H3. The number of pyridine rings is 1. The molecule has 0 saturated carbocycles. The Bertz CT molecular complexity index is 652. The predicted molar refractivity (Wildman–Crippen MR) is 98.6 cm³/mol. The summed E-state index contributed by atoms with van der Waals surface area (Å²) in [5, 5.41) is 3.25. The zero-order chi connectivity index (χ0) is 16.9. The highest BCUT2D eigenvalue weighted by Crippen LogP contribution is 2.22. The molecule has 1 fully saturated rings. The third kappa shape index (κ3) is 4.32. The molecule has 0 amide bonds. The zero-order valence-corrected chi connectivity index (χ0v) is 15.6. The van der Waals surface area contributed by atoms with Gasteiger partial charge in [0.1, 0.15) is 11.1 Å². The largest absolute Gasteiger partial charge is 0.372 e. The highest BCUT2D eigenvalue weighted by atomic mass is 32.1. The van der Waals surface area contributed by atoms with E-state index in [4.69, 9.17) is 9.72 Å². The summed E-state index contributed by atoms with van der Waals surface area (Å²) < 4.78 is 5.63. The number of thiazole rings is 1. The third-order valence-electron chi connectivity index (χ3n) is 4.34. The Kier molecular flexibility index (Phi) is 5.81. The fraction of sp³-hybridized carbons (Fsp3) is 0.556. The summed E-state index contributed by atoms with van der Waals surface area (Å²) in [7, 11) is 0. The molecule has 1 atom stereocenters. The fourth-order valence-electron chi connectivity index (χ4n) is 3.02. The number of anilines is 1. The molecule has 24 heavy (non-hydrogen) atoms. The molecule has 0 bridgehead atoms. The van der Waals surface area contributed by atoms with E-state index in [1.807, 2.05) is 20.0 Å². The van der Waals surface area contributed by atoms with E-state index in [0.717, 1.165) is 55.7 Å². The van der Waals surface area contributed by atoms with Gasteiger partial charge in [0, 0.05) is 62.3 Å². The Hall–Kier alpha value is -1.50. The lowest BCUT2D eigenvalue weighted by atomic mass is 10.2. The molecule has 0 spiro atoms. The molecule has 1 saturated heterocycles. The van der Waals surface area contributed by atoms with Crippen molar-refractivity contribution in [1.29, 1.82) is 0 Å². The molecule has 0 radical (unpaired) electrons. The molecule has 1 aliphatic heterocycles. The quantitative estimate of drug-likeness (QED) is 0.803. The first-order chi connectivity index (χ1) is 11.7. The van der Waals surface area contributed by atoms with Crippen LogP contribution in [0.3, 0.4) is 0 Å². The number of hydrogen-bond acceptors (Lipinski definition) is 6. The molecule has 6 heteroatoms. The van der Waals surface area contributed by atoms with Crippen LogP contribution in [0.4, 0.5) is 5.69 Å². The lowest BCUT2D eigenvalue weighted by Crippen LogP contribution is -2.46. The molecule has 0 N–H and O–H groups in total. The van der Waals surface area contributed by atoms with Crippen molar-refractivity contribution in [2.45, 2.75) is 33.4 Å². The molecule has 0 aliphatic carbocycles. The maximum absolute atomic E-state index is 5.63. The van der Waals surface area contributed by atoms with Crippen LogP contribution in [-0.4, -0.2) is 47.7 Å². The van der Waals surface area contributed by atoms with Crippen LogP contribution in [-0.2, 0) is 11.3 Å². The summed E-state index contributed by atoms with van der Waals surface area (Å²) in [5.41, 5.74) is 3.52. The average Bonchev–Trinajstić information content (AvgIpc) is 3.04. The van der Waals surface area contributed by atoms with Gasteiger partial charge in [0.15, 0.2) is 0 Å². The molecule has 0 aromatic carbocycles. The molecule has 3 rings (SSSR count). The number of aromatic nitrogens is 2. The molecule has 130 valence electrons. The number of rotatable bonds is 6. The highest BCUT2D eigenvalue weighted by Gasteiger charge is 2.19. The van der Waals surface area contributed by atoms with Crippen LogP contribution < -0.4 is 4.90 Å². The first-order valence-electron chi connectivity index (χ1n) is 8.61. The summed E-state index contributed by atoms with van der Waals surface area (Å²) in [6.45, 7) is 12.0.